The summed E-state index contributed by atoms with van der Waals surface area (Å²) in [5.74, 6) is -1.31. The van der Waals surface area contributed by atoms with Gasteiger partial charge in [0.15, 0.2) is 0 Å². The van der Waals surface area contributed by atoms with Crippen LogP contribution in [0.3, 0.4) is 0 Å². The molecule has 22 heavy (non-hydrogen) atoms. The Morgan fingerprint density at radius 1 is 1.18 bits per heavy atom. The van der Waals surface area contributed by atoms with Gasteiger partial charge in [-0.1, -0.05) is 19.4 Å². The molecule has 1 rings (SSSR count). The first-order valence-electron chi connectivity index (χ1n) is 7.47. The molecular formula is C16H23BrN2O3. The summed E-state index contributed by atoms with van der Waals surface area (Å²) >= 11 is 3.36. The normalized spacial score (nSPS) is 10.3. The Bertz CT molecular complexity index is 506. The molecule has 0 unspecified atom stereocenters. The average Bonchev–Trinajstić information content (AvgIpc) is 2.48. The van der Waals surface area contributed by atoms with Crippen LogP contribution in [0.1, 0.15) is 31.7 Å². The molecule has 0 bridgehead atoms. The Morgan fingerprint density at radius 2 is 1.91 bits per heavy atom. The first-order chi connectivity index (χ1) is 10.5. The maximum Gasteiger partial charge on any atom is 0.313 e. The van der Waals surface area contributed by atoms with E-state index >= 15 is 0 Å². The van der Waals surface area contributed by atoms with Crippen molar-refractivity contribution in [1.82, 2.24) is 5.32 Å². The second kappa shape index (κ2) is 10.3. The van der Waals surface area contributed by atoms with E-state index in [1.54, 1.807) is 6.07 Å². The summed E-state index contributed by atoms with van der Waals surface area (Å²) in [5.41, 5.74) is 1.64. The zero-order valence-corrected chi connectivity index (χ0v) is 14.7. The maximum absolute atomic E-state index is 11.8. The SMILES string of the molecule is CCCCOCCCNC(=O)C(=O)Nc1ccc(C)cc1Br. The molecule has 6 heteroatoms. The number of hydrogen-bond donors (Lipinski definition) is 2. The van der Waals surface area contributed by atoms with Crippen molar-refractivity contribution < 1.29 is 14.3 Å². The Labute approximate surface area is 139 Å². The van der Waals surface area contributed by atoms with Crippen molar-refractivity contribution in [3.63, 3.8) is 0 Å². The summed E-state index contributed by atoms with van der Waals surface area (Å²) < 4.78 is 6.13. The Kier molecular flexibility index (Phi) is 8.77. The Balaban J connectivity index is 2.26. The van der Waals surface area contributed by atoms with Crippen LogP contribution in [-0.2, 0) is 14.3 Å². The summed E-state index contributed by atoms with van der Waals surface area (Å²) in [6.45, 7) is 5.81. The highest BCUT2D eigenvalue weighted by atomic mass is 79.9. The Morgan fingerprint density at radius 3 is 2.59 bits per heavy atom. The van der Waals surface area contributed by atoms with E-state index in [4.69, 9.17) is 4.74 Å². The fraction of sp³-hybridized carbons (Fsp3) is 0.500. The van der Waals surface area contributed by atoms with Crippen LogP contribution in [0.5, 0.6) is 0 Å². The number of unbranched alkanes of at least 4 members (excludes halogenated alkanes) is 1. The van der Waals surface area contributed by atoms with Crippen LogP contribution in [0.2, 0.25) is 0 Å². The second-order valence-corrected chi connectivity index (χ2v) is 5.87. The standard InChI is InChI=1S/C16H23BrN2O3/c1-3-4-9-22-10-5-8-18-15(20)16(21)19-14-7-6-12(2)11-13(14)17/h6-7,11H,3-5,8-10H2,1-2H3,(H,18,20)(H,19,21). The number of carbonyl (C=O) groups is 2. The van der Waals surface area contributed by atoms with E-state index in [1.165, 1.54) is 0 Å². The lowest BCUT2D eigenvalue weighted by atomic mass is 10.2. The Hall–Kier alpha value is -1.40. The van der Waals surface area contributed by atoms with Crippen molar-refractivity contribution in [2.24, 2.45) is 0 Å². The van der Waals surface area contributed by atoms with Crippen molar-refractivity contribution in [2.45, 2.75) is 33.1 Å². The van der Waals surface area contributed by atoms with Crippen molar-refractivity contribution >= 4 is 33.4 Å². The number of nitrogens with one attached hydrogen (secondary N) is 2. The lowest BCUT2D eigenvalue weighted by molar-refractivity contribution is -0.136. The largest absolute Gasteiger partial charge is 0.381 e. The first-order valence-corrected chi connectivity index (χ1v) is 8.27. The van der Waals surface area contributed by atoms with Crippen LogP contribution in [0.15, 0.2) is 22.7 Å². The van der Waals surface area contributed by atoms with E-state index in [0.29, 0.717) is 25.3 Å². The molecule has 0 saturated heterocycles. The zero-order chi connectivity index (χ0) is 16.4. The maximum atomic E-state index is 11.8. The van der Waals surface area contributed by atoms with Crippen molar-refractivity contribution in [3.8, 4) is 0 Å². The summed E-state index contributed by atoms with van der Waals surface area (Å²) in [6.07, 6.45) is 2.84. The number of carbonyl (C=O) groups excluding carboxylic acids is 2. The number of halogens is 1. The molecule has 2 amide bonds. The van der Waals surface area contributed by atoms with Gasteiger partial charge >= 0.3 is 11.8 Å². The van der Waals surface area contributed by atoms with Crippen LogP contribution < -0.4 is 10.6 Å². The molecule has 0 aliphatic carbocycles. The highest BCUT2D eigenvalue weighted by Gasteiger charge is 2.14. The van der Waals surface area contributed by atoms with Gasteiger partial charge in [-0.3, -0.25) is 9.59 Å². The van der Waals surface area contributed by atoms with Crippen LogP contribution in [0.4, 0.5) is 5.69 Å². The van der Waals surface area contributed by atoms with Crippen LogP contribution in [0.25, 0.3) is 0 Å². The van der Waals surface area contributed by atoms with Gasteiger partial charge in [-0.05, 0) is 53.4 Å². The number of ether oxygens (including phenoxy) is 1. The zero-order valence-electron chi connectivity index (χ0n) is 13.1. The molecule has 0 aliphatic rings. The first kappa shape index (κ1) is 18.6. The fourth-order valence-electron chi connectivity index (χ4n) is 1.71. The molecule has 0 atom stereocenters. The third-order valence-corrected chi connectivity index (χ3v) is 3.63. The van der Waals surface area contributed by atoms with Gasteiger partial charge < -0.3 is 15.4 Å². The highest BCUT2D eigenvalue weighted by molar-refractivity contribution is 9.10. The van der Waals surface area contributed by atoms with Gasteiger partial charge in [0.25, 0.3) is 0 Å². The van der Waals surface area contributed by atoms with E-state index in [0.717, 1.165) is 29.5 Å². The highest BCUT2D eigenvalue weighted by Crippen LogP contribution is 2.23. The molecule has 0 saturated carbocycles. The minimum Gasteiger partial charge on any atom is -0.381 e. The molecular weight excluding hydrogens is 348 g/mol. The van der Waals surface area contributed by atoms with Gasteiger partial charge in [-0.15, -0.1) is 0 Å². The van der Waals surface area contributed by atoms with Crippen molar-refractivity contribution in [1.29, 1.82) is 0 Å². The summed E-state index contributed by atoms with van der Waals surface area (Å²) in [5, 5.41) is 5.16. The predicted molar refractivity (Wildman–Crippen MR) is 90.9 cm³/mol. The lowest BCUT2D eigenvalue weighted by Gasteiger charge is -2.09. The van der Waals surface area contributed by atoms with Gasteiger partial charge in [0.05, 0.1) is 5.69 Å². The number of anilines is 1. The van der Waals surface area contributed by atoms with Gasteiger partial charge in [0.2, 0.25) is 0 Å². The molecule has 1 aromatic carbocycles. The topological polar surface area (TPSA) is 67.4 Å². The molecule has 0 aliphatic heterocycles. The minimum absolute atomic E-state index is 0.424. The third kappa shape index (κ3) is 7.04. The van der Waals surface area contributed by atoms with Gasteiger partial charge in [0, 0.05) is 24.2 Å². The third-order valence-electron chi connectivity index (χ3n) is 2.97. The molecule has 2 N–H and O–H groups in total. The van der Waals surface area contributed by atoms with E-state index in [9.17, 15) is 9.59 Å². The van der Waals surface area contributed by atoms with Gasteiger partial charge in [-0.25, -0.2) is 0 Å². The van der Waals surface area contributed by atoms with Crippen LogP contribution >= 0.6 is 15.9 Å². The predicted octanol–water partition coefficient (Wildman–Crippen LogP) is 3.02. The molecule has 5 nitrogen and oxygen atoms in total. The lowest BCUT2D eigenvalue weighted by Crippen LogP contribution is -2.36. The summed E-state index contributed by atoms with van der Waals surface area (Å²) in [7, 11) is 0. The van der Waals surface area contributed by atoms with Crippen LogP contribution in [0, 0.1) is 6.92 Å². The van der Waals surface area contributed by atoms with E-state index in [-0.39, 0.29) is 0 Å². The average molecular weight is 371 g/mol. The molecule has 0 heterocycles. The minimum atomic E-state index is -0.670. The number of aryl methyl sites for hydroxylation is 1. The van der Waals surface area contributed by atoms with Crippen molar-refractivity contribution in [2.75, 3.05) is 25.1 Å². The van der Waals surface area contributed by atoms with E-state index in [2.05, 4.69) is 33.5 Å². The molecule has 0 fully saturated rings. The molecule has 122 valence electrons. The molecule has 0 spiro atoms. The van der Waals surface area contributed by atoms with E-state index < -0.39 is 11.8 Å². The monoisotopic (exact) mass is 370 g/mol. The number of hydrogen-bond acceptors (Lipinski definition) is 3. The second-order valence-electron chi connectivity index (χ2n) is 5.01. The van der Waals surface area contributed by atoms with Gasteiger partial charge in [0.1, 0.15) is 0 Å². The quantitative estimate of drug-likeness (QED) is 0.545. The molecule has 0 radical (unpaired) electrons. The summed E-state index contributed by atoms with van der Waals surface area (Å²) in [4.78, 5) is 23.5. The fourth-order valence-corrected chi connectivity index (χ4v) is 2.30. The van der Waals surface area contributed by atoms with Gasteiger partial charge in [-0.2, -0.15) is 0 Å². The smallest absolute Gasteiger partial charge is 0.313 e. The number of rotatable bonds is 8. The van der Waals surface area contributed by atoms with Crippen LogP contribution in [-0.4, -0.2) is 31.6 Å². The number of amides is 2. The van der Waals surface area contributed by atoms with Crippen molar-refractivity contribution in [3.05, 3.63) is 28.2 Å². The van der Waals surface area contributed by atoms with E-state index in [1.807, 2.05) is 19.1 Å². The number of benzene rings is 1. The molecule has 1 aromatic rings. The molecule has 0 aromatic heterocycles. The summed E-state index contributed by atoms with van der Waals surface area (Å²) in [6, 6.07) is 5.50.